The maximum Gasteiger partial charge on any atom is 0.0894 e. The standard InChI is InChI=1S/C5H11FO2S/c6-4-2-1-3-5-9(7)8/h1-5H2,(H,7,8)/p-1. The molecule has 0 aliphatic heterocycles. The molecule has 0 aliphatic carbocycles. The maximum atomic E-state index is 11.4. The molecule has 1 unspecified atom stereocenters. The molecule has 0 saturated heterocycles. The summed E-state index contributed by atoms with van der Waals surface area (Å²) in [5.74, 6) is 0.167. The molecule has 0 heterocycles. The van der Waals surface area contributed by atoms with E-state index >= 15 is 0 Å². The Bertz CT molecular complexity index is 87.0. The SMILES string of the molecule is O=S([O-])CCCCCF. The minimum Gasteiger partial charge on any atom is -0.772 e. The van der Waals surface area contributed by atoms with E-state index in [1.807, 2.05) is 0 Å². The van der Waals surface area contributed by atoms with E-state index in [-0.39, 0.29) is 12.4 Å². The van der Waals surface area contributed by atoms with Crippen molar-refractivity contribution in [3.05, 3.63) is 0 Å². The van der Waals surface area contributed by atoms with Crippen molar-refractivity contribution < 1.29 is 13.2 Å². The number of halogens is 1. The lowest BCUT2D eigenvalue weighted by Gasteiger charge is -2.01. The van der Waals surface area contributed by atoms with Crippen molar-refractivity contribution in [1.29, 1.82) is 0 Å². The minimum atomic E-state index is -1.94. The molecule has 0 radical (unpaired) electrons. The molecule has 1 atom stereocenters. The Labute approximate surface area is 56.7 Å². The number of unbranched alkanes of at least 4 members (excludes halogenated alkanes) is 2. The van der Waals surface area contributed by atoms with Crippen molar-refractivity contribution >= 4 is 11.1 Å². The van der Waals surface area contributed by atoms with Gasteiger partial charge in [0.05, 0.1) is 6.67 Å². The van der Waals surface area contributed by atoms with Crippen LogP contribution in [-0.2, 0) is 11.1 Å². The predicted octanol–water partition coefficient (Wildman–Crippen LogP) is 1.01. The Morgan fingerprint density at radius 1 is 1.33 bits per heavy atom. The van der Waals surface area contributed by atoms with Gasteiger partial charge in [0, 0.05) is 5.75 Å². The molecule has 0 rings (SSSR count). The van der Waals surface area contributed by atoms with E-state index in [9.17, 15) is 13.2 Å². The Balaban J connectivity index is 2.83. The van der Waals surface area contributed by atoms with Gasteiger partial charge in [0.1, 0.15) is 0 Å². The Hall–Kier alpha value is 0.0400. The largest absolute Gasteiger partial charge is 0.772 e. The normalized spacial score (nSPS) is 13.6. The van der Waals surface area contributed by atoms with Gasteiger partial charge >= 0.3 is 0 Å². The van der Waals surface area contributed by atoms with E-state index < -0.39 is 11.1 Å². The van der Waals surface area contributed by atoms with Crippen molar-refractivity contribution in [2.45, 2.75) is 19.3 Å². The highest BCUT2D eigenvalue weighted by Crippen LogP contribution is 1.95. The molecule has 0 amide bonds. The van der Waals surface area contributed by atoms with Crippen LogP contribution in [0.15, 0.2) is 0 Å². The molecule has 2 nitrogen and oxygen atoms in total. The van der Waals surface area contributed by atoms with E-state index in [2.05, 4.69) is 0 Å². The molecular weight excluding hydrogens is 143 g/mol. The quantitative estimate of drug-likeness (QED) is 0.436. The lowest BCUT2D eigenvalue weighted by Crippen LogP contribution is -1.94. The van der Waals surface area contributed by atoms with Gasteiger partial charge in [-0.3, -0.25) is 8.60 Å². The molecule has 0 aromatic rings. The molecule has 0 aromatic heterocycles. The van der Waals surface area contributed by atoms with Gasteiger partial charge in [-0.05, 0) is 19.3 Å². The van der Waals surface area contributed by atoms with E-state index in [0.717, 1.165) is 0 Å². The summed E-state index contributed by atoms with van der Waals surface area (Å²) in [5.41, 5.74) is 0. The fourth-order valence-electron chi connectivity index (χ4n) is 0.491. The van der Waals surface area contributed by atoms with Crippen LogP contribution in [0.25, 0.3) is 0 Å². The van der Waals surface area contributed by atoms with Gasteiger partial charge < -0.3 is 4.55 Å². The van der Waals surface area contributed by atoms with Crippen LogP contribution in [0.4, 0.5) is 4.39 Å². The molecule has 9 heavy (non-hydrogen) atoms. The van der Waals surface area contributed by atoms with Crippen LogP contribution < -0.4 is 0 Å². The Morgan fingerprint density at radius 3 is 2.44 bits per heavy atom. The predicted molar refractivity (Wildman–Crippen MR) is 33.6 cm³/mol. The average Bonchev–Trinajstić information content (AvgIpc) is 1.80. The Morgan fingerprint density at radius 2 is 2.00 bits per heavy atom. The smallest absolute Gasteiger partial charge is 0.0894 e. The topological polar surface area (TPSA) is 40.1 Å². The van der Waals surface area contributed by atoms with Gasteiger partial charge in [-0.2, -0.15) is 0 Å². The number of hydrogen-bond acceptors (Lipinski definition) is 2. The second-order valence-electron chi connectivity index (χ2n) is 1.76. The number of alkyl halides is 1. The van der Waals surface area contributed by atoms with Crippen molar-refractivity contribution in [1.82, 2.24) is 0 Å². The summed E-state index contributed by atoms with van der Waals surface area (Å²) in [6.07, 6.45) is 1.74. The average molecular weight is 153 g/mol. The molecule has 4 heteroatoms. The summed E-state index contributed by atoms with van der Waals surface area (Å²) < 4.78 is 31.1. The molecule has 56 valence electrons. The van der Waals surface area contributed by atoms with Crippen molar-refractivity contribution in [2.24, 2.45) is 0 Å². The summed E-state index contributed by atoms with van der Waals surface area (Å²) in [4.78, 5) is 0. The fourth-order valence-corrected chi connectivity index (χ4v) is 0.931. The van der Waals surface area contributed by atoms with Crippen molar-refractivity contribution in [3.63, 3.8) is 0 Å². The highest BCUT2D eigenvalue weighted by molar-refractivity contribution is 7.79. The summed E-state index contributed by atoms with van der Waals surface area (Å²) in [5, 5.41) is 0. The molecule has 0 fully saturated rings. The third-order valence-corrected chi connectivity index (χ3v) is 1.57. The second-order valence-corrected chi connectivity index (χ2v) is 2.77. The first-order valence-corrected chi connectivity index (χ1v) is 4.13. The monoisotopic (exact) mass is 153 g/mol. The van der Waals surface area contributed by atoms with Gasteiger partial charge in [-0.15, -0.1) is 0 Å². The van der Waals surface area contributed by atoms with Crippen LogP contribution in [0.2, 0.25) is 0 Å². The third-order valence-electron chi connectivity index (χ3n) is 0.945. The number of rotatable bonds is 5. The Kier molecular flexibility index (Phi) is 6.19. The molecular formula is C5H10FO2S-. The van der Waals surface area contributed by atoms with E-state index in [4.69, 9.17) is 0 Å². The molecule has 0 saturated carbocycles. The van der Waals surface area contributed by atoms with Crippen LogP contribution >= 0.6 is 0 Å². The first-order chi connectivity index (χ1) is 4.27. The first-order valence-electron chi connectivity index (χ1n) is 2.89. The lowest BCUT2D eigenvalue weighted by atomic mass is 10.3. The molecule has 0 spiro atoms. The van der Waals surface area contributed by atoms with Gasteiger partial charge in [-0.25, -0.2) is 0 Å². The van der Waals surface area contributed by atoms with Crippen molar-refractivity contribution in [3.8, 4) is 0 Å². The first kappa shape index (κ1) is 9.04. The maximum absolute atomic E-state index is 11.4. The van der Waals surface area contributed by atoms with Gasteiger partial charge in [0.15, 0.2) is 0 Å². The summed E-state index contributed by atoms with van der Waals surface area (Å²) in [7, 11) is 0. The third kappa shape index (κ3) is 8.04. The molecule has 0 N–H and O–H groups in total. The van der Waals surface area contributed by atoms with E-state index in [1.54, 1.807) is 0 Å². The zero-order valence-electron chi connectivity index (χ0n) is 5.14. The zero-order chi connectivity index (χ0) is 7.11. The summed E-state index contributed by atoms with van der Waals surface area (Å²) >= 11 is -1.94. The van der Waals surface area contributed by atoms with Crippen molar-refractivity contribution in [2.75, 3.05) is 12.4 Å². The molecule has 0 aromatic carbocycles. The van der Waals surface area contributed by atoms with Gasteiger partial charge in [0.2, 0.25) is 0 Å². The van der Waals surface area contributed by atoms with Crippen LogP contribution in [0.3, 0.4) is 0 Å². The highest BCUT2D eigenvalue weighted by Gasteiger charge is 1.87. The highest BCUT2D eigenvalue weighted by atomic mass is 32.2. The second kappa shape index (κ2) is 6.16. The fraction of sp³-hybridized carbons (Fsp3) is 1.00. The van der Waals surface area contributed by atoms with Gasteiger partial charge in [0.25, 0.3) is 0 Å². The van der Waals surface area contributed by atoms with E-state index in [1.165, 1.54) is 0 Å². The van der Waals surface area contributed by atoms with Crippen LogP contribution in [-0.4, -0.2) is 21.2 Å². The summed E-state index contributed by atoms with van der Waals surface area (Å²) in [6.45, 7) is -0.342. The van der Waals surface area contributed by atoms with Crippen LogP contribution in [0.1, 0.15) is 19.3 Å². The minimum absolute atomic E-state index is 0.167. The summed E-state index contributed by atoms with van der Waals surface area (Å²) in [6, 6.07) is 0. The molecule has 0 bridgehead atoms. The lowest BCUT2D eigenvalue weighted by molar-refractivity contribution is 0.458. The van der Waals surface area contributed by atoms with Crippen LogP contribution in [0.5, 0.6) is 0 Å². The zero-order valence-corrected chi connectivity index (χ0v) is 5.95. The van der Waals surface area contributed by atoms with Gasteiger partial charge in [-0.1, -0.05) is 11.1 Å². The molecule has 0 aliphatic rings. The number of hydrogen-bond donors (Lipinski definition) is 0. The van der Waals surface area contributed by atoms with Crippen LogP contribution in [0, 0.1) is 0 Å². The van der Waals surface area contributed by atoms with E-state index in [0.29, 0.717) is 19.3 Å².